The molecule has 0 amide bonds. The molecule has 2 aromatic rings. The van der Waals surface area contributed by atoms with E-state index in [2.05, 4.69) is 4.74 Å². The summed E-state index contributed by atoms with van der Waals surface area (Å²) in [4.78, 5) is 10.7. The van der Waals surface area contributed by atoms with E-state index >= 15 is 0 Å². The van der Waals surface area contributed by atoms with Crippen molar-refractivity contribution >= 4 is 5.97 Å². The van der Waals surface area contributed by atoms with Gasteiger partial charge in [-0.15, -0.1) is 5.56 Å². The fraction of sp³-hybridized carbons (Fsp3) is 0.154. The van der Waals surface area contributed by atoms with Crippen LogP contribution in [0.4, 0.5) is 0 Å². The normalized spacial score (nSPS) is 10.5. The van der Waals surface area contributed by atoms with Crippen molar-refractivity contribution in [2.75, 3.05) is 7.11 Å². The molecule has 0 aliphatic rings. The third-order valence-corrected chi connectivity index (χ3v) is 1.98. The van der Waals surface area contributed by atoms with E-state index in [0.717, 1.165) is 0 Å². The number of esters is 1. The van der Waals surface area contributed by atoms with E-state index in [1.807, 2.05) is 30.3 Å². The number of ether oxygens (including phenoxy) is 1. The Kier molecular flexibility index (Phi) is 8.07. The minimum atomic E-state index is -1.14. The average Bonchev–Trinajstić information content (AvgIpc) is 3.00. The second-order valence-corrected chi connectivity index (χ2v) is 3.11. The summed E-state index contributed by atoms with van der Waals surface area (Å²) in [6.07, 6.45) is -1.14. The number of aliphatic hydroxyl groups is 1. The first-order valence-electron chi connectivity index (χ1n) is 4.90. The minimum Gasteiger partial charge on any atom is -0.468 e. The van der Waals surface area contributed by atoms with Gasteiger partial charge in [0.15, 0.2) is 0 Å². The molecule has 2 rings (SSSR count). The summed E-state index contributed by atoms with van der Waals surface area (Å²) in [5, 5.41) is 9.20. The maximum absolute atomic E-state index is 10.7. The number of carbonyl (C=O) groups is 1. The molecular formula is C13H14FeO3. The van der Waals surface area contributed by atoms with Gasteiger partial charge >= 0.3 is 23.0 Å². The van der Waals surface area contributed by atoms with Crippen LogP contribution in [0, 0.1) is 0 Å². The smallest absolute Gasteiger partial charge is 0.468 e. The third-order valence-electron chi connectivity index (χ3n) is 1.98. The fourth-order valence-corrected chi connectivity index (χ4v) is 1.14. The van der Waals surface area contributed by atoms with Crippen LogP contribution in [0.3, 0.4) is 0 Å². The first-order chi connectivity index (χ1) is 7.75. The average molecular weight is 274 g/mol. The van der Waals surface area contributed by atoms with Crippen LogP contribution in [0.15, 0.2) is 54.6 Å². The summed E-state index contributed by atoms with van der Waals surface area (Å²) in [6.45, 7) is 0. The number of rotatable bonds is 2. The molecular weight excluding hydrogens is 260 g/mol. The van der Waals surface area contributed by atoms with Gasteiger partial charge in [0.05, 0.1) is 7.11 Å². The van der Waals surface area contributed by atoms with E-state index in [1.165, 1.54) is 7.11 Å². The molecule has 1 unspecified atom stereocenters. The largest absolute Gasteiger partial charge is 2.00 e. The first kappa shape index (κ1) is 15.6. The standard InChI is InChI=1S/C8H9O3.C5H5.Fe/c1-11-8(10)7(9)6-4-2-3-5-6;1-2-4-5-3-1;/h2-5,7,9H,1H3;1-5H;/q2*-1;+2. The number of carbonyl (C=O) groups excluding carboxylic acids is 1. The molecule has 2 aromatic carbocycles. The first-order valence-corrected chi connectivity index (χ1v) is 4.90. The molecule has 0 fully saturated rings. The van der Waals surface area contributed by atoms with Crippen molar-refractivity contribution in [3.63, 3.8) is 0 Å². The van der Waals surface area contributed by atoms with Gasteiger partial charge in [-0.25, -0.2) is 24.3 Å². The monoisotopic (exact) mass is 274 g/mol. The summed E-state index contributed by atoms with van der Waals surface area (Å²) >= 11 is 0. The summed E-state index contributed by atoms with van der Waals surface area (Å²) in [5.74, 6) is -0.629. The zero-order valence-corrected chi connectivity index (χ0v) is 10.5. The van der Waals surface area contributed by atoms with Crippen LogP contribution < -0.4 is 0 Å². The number of hydrogen-bond acceptors (Lipinski definition) is 3. The summed E-state index contributed by atoms with van der Waals surface area (Å²) in [5.41, 5.74) is 0.567. The molecule has 0 aromatic heterocycles. The van der Waals surface area contributed by atoms with Crippen LogP contribution in [0.25, 0.3) is 0 Å². The number of hydrogen-bond donors (Lipinski definition) is 1. The van der Waals surface area contributed by atoms with Crippen molar-refractivity contribution < 1.29 is 31.7 Å². The van der Waals surface area contributed by atoms with Gasteiger partial charge in [-0.05, 0) is 0 Å². The molecule has 0 saturated carbocycles. The van der Waals surface area contributed by atoms with Gasteiger partial charge in [-0.1, -0.05) is 0 Å². The van der Waals surface area contributed by atoms with Crippen LogP contribution in [0.5, 0.6) is 0 Å². The number of methoxy groups -OCH3 is 1. The molecule has 0 radical (unpaired) electrons. The minimum absolute atomic E-state index is 0. The summed E-state index contributed by atoms with van der Waals surface area (Å²) in [7, 11) is 1.24. The molecule has 0 aliphatic heterocycles. The maximum atomic E-state index is 10.7. The molecule has 4 heteroatoms. The quantitative estimate of drug-likeness (QED) is 0.517. The van der Waals surface area contributed by atoms with Crippen LogP contribution >= 0.6 is 0 Å². The van der Waals surface area contributed by atoms with Crippen molar-refractivity contribution in [2.24, 2.45) is 0 Å². The predicted molar refractivity (Wildman–Crippen MR) is 61.0 cm³/mol. The molecule has 17 heavy (non-hydrogen) atoms. The molecule has 1 atom stereocenters. The van der Waals surface area contributed by atoms with Crippen LogP contribution in [-0.4, -0.2) is 18.2 Å². The molecule has 1 N–H and O–H groups in total. The Labute approximate surface area is 111 Å². The molecule has 0 bridgehead atoms. The Morgan fingerprint density at radius 3 is 2.12 bits per heavy atom. The molecule has 92 valence electrons. The molecule has 0 aliphatic carbocycles. The fourth-order valence-electron chi connectivity index (χ4n) is 1.14. The van der Waals surface area contributed by atoms with Crippen molar-refractivity contribution in [1.29, 1.82) is 0 Å². The molecule has 0 saturated heterocycles. The van der Waals surface area contributed by atoms with Gasteiger partial charge < -0.3 is 9.84 Å². The van der Waals surface area contributed by atoms with Crippen molar-refractivity contribution in [3.05, 3.63) is 60.2 Å². The Balaban J connectivity index is 0.000000360. The summed E-state index contributed by atoms with van der Waals surface area (Å²) in [6, 6.07) is 16.8. The van der Waals surface area contributed by atoms with Gasteiger partial charge in [-0.3, -0.25) is 4.79 Å². The Morgan fingerprint density at radius 2 is 1.76 bits per heavy atom. The van der Waals surface area contributed by atoms with Crippen LogP contribution in [-0.2, 0) is 26.6 Å². The van der Waals surface area contributed by atoms with Gasteiger partial charge in [-0.2, -0.15) is 30.3 Å². The second-order valence-electron chi connectivity index (χ2n) is 3.11. The van der Waals surface area contributed by atoms with E-state index in [-0.39, 0.29) is 17.1 Å². The van der Waals surface area contributed by atoms with Crippen molar-refractivity contribution in [2.45, 2.75) is 6.10 Å². The van der Waals surface area contributed by atoms with Gasteiger partial charge in [0.1, 0.15) is 6.10 Å². The van der Waals surface area contributed by atoms with E-state index < -0.39 is 12.1 Å². The van der Waals surface area contributed by atoms with E-state index in [0.29, 0.717) is 5.56 Å². The van der Waals surface area contributed by atoms with E-state index in [9.17, 15) is 9.90 Å². The predicted octanol–water partition coefficient (Wildman–Crippen LogP) is 2.01. The van der Waals surface area contributed by atoms with E-state index in [1.54, 1.807) is 24.3 Å². The topological polar surface area (TPSA) is 46.5 Å². The Hall–Kier alpha value is -1.35. The second kappa shape index (κ2) is 8.76. The van der Waals surface area contributed by atoms with Crippen LogP contribution in [0.2, 0.25) is 0 Å². The SMILES string of the molecule is COC(=O)C(O)[c-]1cccc1.[Fe+2].c1cc[cH-]c1. The van der Waals surface area contributed by atoms with E-state index in [4.69, 9.17) is 0 Å². The van der Waals surface area contributed by atoms with Crippen LogP contribution in [0.1, 0.15) is 11.7 Å². The van der Waals surface area contributed by atoms with Crippen molar-refractivity contribution in [1.82, 2.24) is 0 Å². The number of aliphatic hydroxyl groups excluding tert-OH is 1. The Morgan fingerprint density at radius 1 is 1.24 bits per heavy atom. The molecule has 0 heterocycles. The van der Waals surface area contributed by atoms with Gasteiger partial charge in [0.25, 0.3) is 0 Å². The summed E-state index contributed by atoms with van der Waals surface area (Å²) < 4.78 is 4.35. The third kappa shape index (κ3) is 5.50. The zero-order valence-electron chi connectivity index (χ0n) is 9.39. The Bertz CT molecular complexity index is 362. The van der Waals surface area contributed by atoms with Crippen molar-refractivity contribution in [3.8, 4) is 0 Å². The zero-order chi connectivity index (χ0) is 11.8. The van der Waals surface area contributed by atoms with Gasteiger partial charge in [0.2, 0.25) is 0 Å². The maximum Gasteiger partial charge on any atom is 2.00 e. The molecule has 3 nitrogen and oxygen atoms in total. The molecule has 0 spiro atoms. The van der Waals surface area contributed by atoms with Gasteiger partial charge in [0, 0.05) is 0 Å².